The first-order valence-corrected chi connectivity index (χ1v) is 9.37. The third-order valence-corrected chi connectivity index (χ3v) is 4.95. The summed E-state index contributed by atoms with van der Waals surface area (Å²) in [6.07, 6.45) is 0. The Hall–Kier alpha value is -1.96. The van der Waals surface area contributed by atoms with Gasteiger partial charge >= 0.3 is 29.6 Å². The number of hydrogen-bond donors (Lipinski definition) is 0. The van der Waals surface area contributed by atoms with Crippen molar-refractivity contribution in [3.8, 4) is 5.75 Å². The molecule has 1 heterocycles. The normalized spacial score (nSPS) is 11.3. The van der Waals surface area contributed by atoms with Crippen molar-refractivity contribution < 1.29 is 47.3 Å². The Morgan fingerprint density at radius 3 is 2.41 bits per heavy atom. The van der Waals surface area contributed by atoms with E-state index in [0.717, 1.165) is 22.0 Å². The first-order valence-electron chi connectivity index (χ1n) is 7.96. The van der Waals surface area contributed by atoms with Crippen molar-refractivity contribution in [3.63, 3.8) is 0 Å². The Kier molecular flexibility index (Phi) is 5.83. The summed E-state index contributed by atoms with van der Waals surface area (Å²) in [4.78, 5) is 4.30. The van der Waals surface area contributed by atoms with Gasteiger partial charge in [0.25, 0.3) is 0 Å². The Balaban J connectivity index is 0.00000210. The van der Waals surface area contributed by atoms with E-state index in [1.54, 1.807) is 18.2 Å². The van der Waals surface area contributed by atoms with E-state index in [2.05, 4.69) is 4.98 Å². The zero-order chi connectivity index (χ0) is 18.1. The second-order valence-electron chi connectivity index (χ2n) is 5.91. The summed E-state index contributed by atoms with van der Waals surface area (Å²) in [6.45, 7) is 0.288. The van der Waals surface area contributed by atoms with Crippen LogP contribution < -0.4 is 34.3 Å². The van der Waals surface area contributed by atoms with E-state index in [9.17, 15) is 13.0 Å². The average Bonchev–Trinajstić information content (AvgIpc) is 2.65. The molecular weight excluding hydrogens is 373 g/mol. The van der Waals surface area contributed by atoms with Crippen LogP contribution in [0.15, 0.2) is 77.7 Å². The van der Waals surface area contributed by atoms with Crippen molar-refractivity contribution in [3.05, 3.63) is 78.5 Å². The molecule has 0 saturated carbocycles. The molecule has 0 unspecified atom stereocenters. The van der Waals surface area contributed by atoms with Crippen molar-refractivity contribution in [2.45, 2.75) is 11.5 Å². The van der Waals surface area contributed by atoms with E-state index in [0.29, 0.717) is 11.1 Å². The third-order valence-electron chi connectivity index (χ3n) is 4.11. The molecule has 0 spiro atoms. The summed E-state index contributed by atoms with van der Waals surface area (Å²) in [6, 6.07) is 21.4. The van der Waals surface area contributed by atoms with Gasteiger partial charge < -0.3 is 9.29 Å². The van der Waals surface area contributed by atoms with Crippen LogP contribution in [0.4, 0.5) is 0 Å². The van der Waals surface area contributed by atoms with Crippen LogP contribution in [0.2, 0.25) is 0 Å². The van der Waals surface area contributed by atoms with Crippen LogP contribution in [-0.4, -0.2) is 18.0 Å². The van der Waals surface area contributed by atoms with Gasteiger partial charge in [-0.1, -0.05) is 36.4 Å². The summed E-state index contributed by atoms with van der Waals surface area (Å²) >= 11 is 0. The maximum atomic E-state index is 11.2. The minimum Gasteiger partial charge on any atom is -0.744 e. The van der Waals surface area contributed by atoms with E-state index in [-0.39, 0.29) is 41.1 Å². The van der Waals surface area contributed by atoms with E-state index in [1.165, 1.54) is 12.1 Å². The van der Waals surface area contributed by atoms with Gasteiger partial charge in [-0.15, -0.1) is 0 Å². The van der Waals surface area contributed by atoms with E-state index >= 15 is 0 Å². The summed E-state index contributed by atoms with van der Waals surface area (Å²) in [5, 5.41) is 2.52. The van der Waals surface area contributed by atoms with Gasteiger partial charge in [0.2, 0.25) is 0 Å². The number of rotatable bonds is 4. The monoisotopic (exact) mass is 387 g/mol. The fraction of sp³-hybridized carbons (Fsp3) is 0.0500. The van der Waals surface area contributed by atoms with Gasteiger partial charge in [-0.25, -0.2) is 13.4 Å². The van der Waals surface area contributed by atoms with E-state index in [1.807, 2.05) is 42.5 Å². The van der Waals surface area contributed by atoms with Crippen LogP contribution in [0, 0.1) is 0 Å². The summed E-state index contributed by atoms with van der Waals surface area (Å²) in [5.41, 5.74) is 1.69. The Morgan fingerprint density at radius 2 is 1.59 bits per heavy atom. The average molecular weight is 387 g/mol. The van der Waals surface area contributed by atoms with Crippen LogP contribution in [-0.2, 0) is 16.7 Å². The van der Waals surface area contributed by atoms with Crippen molar-refractivity contribution in [2.24, 2.45) is 0 Å². The second kappa shape index (κ2) is 7.96. The van der Waals surface area contributed by atoms with Crippen molar-refractivity contribution in [1.82, 2.24) is 4.98 Å². The van der Waals surface area contributed by atoms with Crippen LogP contribution in [0.5, 0.6) is 5.75 Å². The van der Waals surface area contributed by atoms with Crippen LogP contribution >= 0.6 is 0 Å². The summed E-state index contributed by atoms with van der Waals surface area (Å²) < 4.78 is 39.3. The fourth-order valence-corrected chi connectivity index (χ4v) is 3.30. The fourth-order valence-electron chi connectivity index (χ4n) is 2.79. The summed E-state index contributed by atoms with van der Waals surface area (Å²) in [5.74, 6) is 0.577. The summed E-state index contributed by atoms with van der Waals surface area (Å²) in [7, 11) is -4.48. The molecule has 130 valence electrons. The molecule has 0 aliphatic carbocycles. The maximum Gasteiger partial charge on any atom is 1.00 e. The zero-order valence-corrected chi connectivity index (χ0v) is 17.4. The Morgan fingerprint density at radius 1 is 0.852 bits per heavy atom. The largest absolute Gasteiger partial charge is 1.00 e. The predicted octanol–water partition coefficient (Wildman–Crippen LogP) is 0.875. The molecule has 0 atom stereocenters. The molecule has 0 N–H and O–H groups in total. The van der Waals surface area contributed by atoms with Gasteiger partial charge in [-0.3, -0.25) is 0 Å². The number of para-hydroxylation sites is 1. The maximum absolute atomic E-state index is 11.2. The zero-order valence-electron chi connectivity index (χ0n) is 14.6. The van der Waals surface area contributed by atoms with Crippen LogP contribution in [0.25, 0.3) is 21.7 Å². The smallest absolute Gasteiger partial charge is 0.744 e. The van der Waals surface area contributed by atoms with Gasteiger partial charge in [0.1, 0.15) is 22.5 Å². The van der Waals surface area contributed by atoms with Gasteiger partial charge in [-0.05, 0) is 47.2 Å². The molecule has 27 heavy (non-hydrogen) atoms. The SMILES string of the molecule is O=S(=O)([O-])c1ccc2ccc(OCc3ccc4ccccc4n3)cc2c1.[Na+]. The molecule has 0 bridgehead atoms. The Bertz CT molecular complexity index is 1230. The van der Waals surface area contributed by atoms with Crippen LogP contribution in [0.3, 0.4) is 0 Å². The molecule has 0 amide bonds. The minimum atomic E-state index is -4.48. The first-order chi connectivity index (χ1) is 12.5. The molecule has 3 aromatic carbocycles. The number of benzene rings is 3. The first kappa shape index (κ1) is 19.8. The predicted molar refractivity (Wildman–Crippen MR) is 98.0 cm³/mol. The third kappa shape index (κ3) is 4.48. The van der Waals surface area contributed by atoms with E-state index in [4.69, 9.17) is 4.74 Å². The van der Waals surface area contributed by atoms with Crippen molar-refractivity contribution >= 4 is 31.8 Å². The van der Waals surface area contributed by atoms with E-state index < -0.39 is 10.1 Å². The number of hydrogen-bond acceptors (Lipinski definition) is 5. The van der Waals surface area contributed by atoms with Gasteiger partial charge in [0.05, 0.1) is 16.1 Å². The second-order valence-corrected chi connectivity index (χ2v) is 7.29. The van der Waals surface area contributed by atoms with Crippen molar-refractivity contribution in [1.29, 1.82) is 0 Å². The minimum absolute atomic E-state index is 0. The molecule has 0 aliphatic rings. The molecule has 5 nitrogen and oxygen atoms in total. The molecule has 0 aliphatic heterocycles. The quantitative estimate of drug-likeness (QED) is 0.384. The van der Waals surface area contributed by atoms with Crippen LogP contribution in [0.1, 0.15) is 5.69 Å². The molecule has 0 radical (unpaired) electrons. The molecule has 0 fully saturated rings. The molecule has 7 heteroatoms. The molecular formula is C20H14NNaO4S. The molecule has 4 aromatic rings. The molecule has 1 aromatic heterocycles. The number of aromatic nitrogens is 1. The van der Waals surface area contributed by atoms with Gasteiger partial charge in [0.15, 0.2) is 0 Å². The topological polar surface area (TPSA) is 79.3 Å². The number of nitrogens with zero attached hydrogens (tertiary/aromatic N) is 1. The molecule has 0 saturated heterocycles. The standard InChI is InChI=1S/C20H15NO4S.Na/c22-26(23,24)19-10-7-14-6-9-18(11-16(14)12-19)25-13-17-8-5-15-3-1-2-4-20(15)21-17;/h1-12H,13H2,(H,22,23,24);/q;+1/p-1. The van der Waals surface area contributed by atoms with Crippen molar-refractivity contribution in [2.75, 3.05) is 0 Å². The Labute approximate surface area is 179 Å². The number of ether oxygens (including phenoxy) is 1. The number of fused-ring (bicyclic) bond motifs is 2. The molecule has 4 rings (SSSR count). The van der Waals surface area contributed by atoms with Gasteiger partial charge in [-0.2, -0.15) is 0 Å². The number of pyridine rings is 1. The van der Waals surface area contributed by atoms with Gasteiger partial charge in [0, 0.05) is 5.39 Å².